The monoisotopic (exact) mass is 252 g/mol. The second-order valence-electron chi connectivity index (χ2n) is 4.56. The second kappa shape index (κ2) is 5.35. The Balaban J connectivity index is 2.09. The Morgan fingerprint density at radius 2 is 2.11 bits per heavy atom. The average molecular weight is 252 g/mol. The van der Waals surface area contributed by atoms with Gasteiger partial charge < -0.3 is 15.7 Å². The third kappa shape index (κ3) is 2.79. The maximum Gasteiger partial charge on any atom is 0.253 e. The van der Waals surface area contributed by atoms with E-state index in [1.54, 1.807) is 24.3 Å². The summed E-state index contributed by atoms with van der Waals surface area (Å²) in [6.45, 7) is -0.159. The van der Waals surface area contributed by atoms with Gasteiger partial charge in [-0.3, -0.25) is 4.79 Å². The predicted octanol–water partition coefficient (Wildman–Crippen LogP) is 1.32. The Bertz CT molecular complexity index is 433. The zero-order chi connectivity index (χ0) is 13.0. The van der Waals surface area contributed by atoms with E-state index in [1.807, 2.05) is 0 Å². The van der Waals surface area contributed by atoms with E-state index in [1.165, 1.54) is 0 Å². The lowest BCUT2D eigenvalue weighted by atomic mass is 10.1. The van der Waals surface area contributed by atoms with Gasteiger partial charge >= 0.3 is 0 Å². The molecule has 0 aromatic heterocycles. The van der Waals surface area contributed by atoms with Gasteiger partial charge in [0.2, 0.25) is 0 Å². The number of alkyl halides is 1. The number of halogens is 1. The largest absolute Gasteiger partial charge is 0.395 e. The lowest BCUT2D eigenvalue weighted by Gasteiger charge is -2.16. The van der Waals surface area contributed by atoms with Crippen LogP contribution in [0.25, 0.3) is 0 Å². The molecule has 18 heavy (non-hydrogen) atoms. The Kier molecular flexibility index (Phi) is 3.81. The minimum atomic E-state index is -0.638. The van der Waals surface area contributed by atoms with E-state index in [0.717, 1.165) is 0 Å². The van der Waals surface area contributed by atoms with Crippen LogP contribution in [0.1, 0.15) is 23.2 Å². The number of carbonyl (C=O) groups excluding carboxylic acids is 1. The van der Waals surface area contributed by atoms with Gasteiger partial charge in [0.15, 0.2) is 0 Å². The molecule has 0 saturated heterocycles. The van der Waals surface area contributed by atoms with Crippen LogP contribution in [-0.4, -0.2) is 36.4 Å². The van der Waals surface area contributed by atoms with E-state index < -0.39 is 12.2 Å². The molecule has 1 fully saturated rings. The van der Waals surface area contributed by atoms with Crippen molar-refractivity contribution in [1.29, 1.82) is 0 Å². The lowest BCUT2D eigenvalue weighted by Crippen LogP contribution is -2.38. The standard InChI is InChI=1S/C13H17FN2O2/c14-9-13(5-6-13)16-12(18)10-3-1-2-4-11(10)15-7-8-17/h1-4,15,17H,5-9H2,(H,16,18). The molecule has 0 bridgehead atoms. The van der Waals surface area contributed by atoms with Gasteiger partial charge in [-0.1, -0.05) is 12.1 Å². The molecule has 0 spiro atoms. The quantitative estimate of drug-likeness (QED) is 0.715. The fourth-order valence-electron chi connectivity index (χ4n) is 1.78. The SMILES string of the molecule is O=C(NC1(CF)CC1)c1ccccc1NCCO. The summed E-state index contributed by atoms with van der Waals surface area (Å²) in [4.78, 5) is 12.1. The first kappa shape index (κ1) is 12.8. The van der Waals surface area contributed by atoms with Crippen LogP contribution in [-0.2, 0) is 0 Å². The molecule has 98 valence electrons. The van der Waals surface area contributed by atoms with Gasteiger partial charge in [0, 0.05) is 12.2 Å². The number of amides is 1. The van der Waals surface area contributed by atoms with E-state index in [0.29, 0.717) is 30.6 Å². The van der Waals surface area contributed by atoms with E-state index in [2.05, 4.69) is 10.6 Å². The maximum absolute atomic E-state index is 12.7. The third-order valence-corrected chi connectivity index (χ3v) is 3.09. The third-order valence-electron chi connectivity index (χ3n) is 3.09. The van der Waals surface area contributed by atoms with Crippen molar-refractivity contribution in [2.24, 2.45) is 0 Å². The Morgan fingerprint density at radius 1 is 1.39 bits per heavy atom. The van der Waals surface area contributed by atoms with Gasteiger partial charge in [-0.05, 0) is 25.0 Å². The van der Waals surface area contributed by atoms with Gasteiger partial charge in [0.1, 0.15) is 6.67 Å². The van der Waals surface area contributed by atoms with Crippen molar-refractivity contribution in [2.75, 3.05) is 25.1 Å². The van der Waals surface area contributed by atoms with Crippen molar-refractivity contribution in [3.8, 4) is 0 Å². The van der Waals surface area contributed by atoms with Crippen molar-refractivity contribution in [3.05, 3.63) is 29.8 Å². The fraction of sp³-hybridized carbons (Fsp3) is 0.462. The molecule has 1 saturated carbocycles. The van der Waals surface area contributed by atoms with Gasteiger partial charge in [0.05, 0.1) is 17.7 Å². The average Bonchev–Trinajstić information content (AvgIpc) is 3.17. The summed E-state index contributed by atoms with van der Waals surface area (Å²) in [6, 6.07) is 7.01. The van der Waals surface area contributed by atoms with Crippen LogP contribution in [0, 0.1) is 0 Å². The maximum atomic E-state index is 12.7. The second-order valence-corrected chi connectivity index (χ2v) is 4.56. The lowest BCUT2D eigenvalue weighted by molar-refractivity contribution is 0.0924. The molecule has 0 unspecified atom stereocenters. The molecule has 1 aliphatic rings. The number of aliphatic hydroxyl groups excluding tert-OH is 1. The number of anilines is 1. The summed E-state index contributed by atoms with van der Waals surface area (Å²) >= 11 is 0. The molecular formula is C13H17FN2O2. The minimum Gasteiger partial charge on any atom is -0.395 e. The molecule has 1 amide bonds. The van der Waals surface area contributed by atoms with Gasteiger partial charge in [0.25, 0.3) is 5.91 Å². The molecule has 3 N–H and O–H groups in total. The van der Waals surface area contributed by atoms with Crippen LogP contribution in [0.2, 0.25) is 0 Å². The smallest absolute Gasteiger partial charge is 0.253 e. The number of nitrogens with one attached hydrogen (secondary N) is 2. The number of hydrogen-bond acceptors (Lipinski definition) is 3. The van der Waals surface area contributed by atoms with E-state index in [4.69, 9.17) is 5.11 Å². The van der Waals surface area contributed by atoms with Crippen LogP contribution in [0.3, 0.4) is 0 Å². The fourth-order valence-corrected chi connectivity index (χ4v) is 1.78. The highest BCUT2D eigenvalue weighted by Gasteiger charge is 2.44. The van der Waals surface area contributed by atoms with Crippen molar-refractivity contribution >= 4 is 11.6 Å². The van der Waals surface area contributed by atoms with E-state index >= 15 is 0 Å². The molecule has 0 heterocycles. The molecule has 4 nitrogen and oxygen atoms in total. The van der Waals surface area contributed by atoms with Crippen molar-refractivity contribution < 1.29 is 14.3 Å². The molecule has 2 rings (SSSR count). The number of benzene rings is 1. The highest BCUT2D eigenvalue weighted by molar-refractivity contribution is 6.00. The number of aliphatic hydroxyl groups is 1. The van der Waals surface area contributed by atoms with Gasteiger partial charge in [-0.25, -0.2) is 4.39 Å². The zero-order valence-corrected chi connectivity index (χ0v) is 10.1. The van der Waals surface area contributed by atoms with E-state index in [-0.39, 0.29) is 12.5 Å². The van der Waals surface area contributed by atoms with Crippen molar-refractivity contribution in [1.82, 2.24) is 5.32 Å². The number of carbonyl (C=O) groups is 1. The van der Waals surface area contributed by atoms with Crippen LogP contribution < -0.4 is 10.6 Å². The molecule has 0 aliphatic heterocycles. The van der Waals surface area contributed by atoms with Gasteiger partial charge in [-0.15, -0.1) is 0 Å². The molecule has 1 aromatic rings. The summed E-state index contributed by atoms with van der Waals surface area (Å²) in [5.74, 6) is -0.272. The highest BCUT2D eigenvalue weighted by Crippen LogP contribution is 2.36. The van der Waals surface area contributed by atoms with Crippen molar-refractivity contribution in [3.63, 3.8) is 0 Å². The molecule has 1 aromatic carbocycles. The summed E-state index contributed by atoms with van der Waals surface area (Å²) in [5.41, 5.74) is 0.491. The van der Waals surface area contributed by atoms with Gasteiger partial charge in [-0.2, -0.15) is 0 Å². The highest BCUT2D eigenvalue weighted by atomic mass is 19.1. The Morgan fingerprint density at radius 3 is 2.72 bits per heavy atom. The summed E-state index contributed by atoms with van der Waals surface area (Å²) in [6.07, 6.45) is 1.39. The molecule has 0 radical (unpaired) electrons. The molecular weight excluding hydrogens is 235 g/mol. The van der Waals surface area contributed by atoms with Crippen molar-refractivity contribution in [2.45, 2.75) is 18.4 Å². The van der Waals surface area contributed by atoms with Crippen LogP contribution >= 0.6 is 0 Å². The van der Waals surface area contributed by atoms with Crippen LogP contribution in [0.5, 0.6) is 0 Å². The Hall–Kier alpha value is -1.62. The summed E-state index contributed by atoms with van der Waals surface area (Å²) in [7, 11) is 0. The zero-order valence-electron chi connectivity index (χ0n) is 10.1. The summed E-state index contributed by atoms with van der Waals surface area (Å²) < 4.78 is 12.7. The first-order valence-corrected chi connectivity index (χ1v) is 6.03. The predicted molar refractivity (Wildman–Crippen MR) is 67.4 cm³/mol. The molecule has 5 heteroatoms. The number of para-hydroxylation sites is 1. The van der Waals surface area contributed by atoms with Crippen LogP contribution in [0.4, 0.5) is 10.1 Å². The topological polar surface area (TPSA) is 61.4 Å². The first-order chi connectivity index (χ1) is 8.71. The molecule has 1 aliphatic carbocycles. The Labute approximate surface area is 105 Å². The summed E-state index contributed by atoms with van der Waals surface area (Å²) in [5, 5.41) is 14.5. The normalized spacial score (nSPS) is 16.1. The van der Waals surface area contributed by atoms with Crippen LogP contribution in [0.15, 0.2) is 24.3 Å². The minimum absolute atomic E-state index is 0.00955. The molecule has 0 atom stereocenters. The number of rotatable bonds is 6. The number of hydrogen-bond donors (Lipinski definition) is 3. The first-order valence-electron chi connectivity index (χ1n) is 6.03. The van der Waals surface area contributed by atoms with E-state index in [9.17, 15) is 9.18 Å².